The lowest BCUT2D eigenvalue weighted by Gasteiger charge is -2.38. The fourth-order valence-corrected chi connectivity index (χ4v) is 2.51. The van der Waals surface area contributed by atoms with Crippen LogP contribution in [0.3, 0.4) is 0 Å². The number of hydrogen-bond acceptors (Lipinski definition) is 3. The van der Waals surface area contributed by atoms with Crippen molar-refractivity contribution in [1.82, 2.24) is 10.2 Å². The molecule has 5 heteroatoms. The molecule has 0 bridgehead atoms. The van der Waals surface area contributed by atoms with E-state index in [-0.39, 0.29) is 24.8 Å². The van der Waals surface area contributed by atoms with Gasteiger partial charge in [-0.15, -0.1) is 0 Å². The topological polar surface area (TPSA) is 41.6 Å². The van der Waals surface area contributed by atoms with Crippen molar-refractivity contribution < 1.29 is 9.53 Å². The summed E-state index contributed by atoms with van der Waals surface area (Å²) in [5, 5.41) is 3.90. The lowest BCUT2D eigenvalue weighted by molar-refractivity contribution is 0.0564. The lowest BCUT2D eigenvalue weighted by atomic mass is 10.1. The third-order valence-electron chi connectivity index (χ3n) is 3.35. The summed E-state index contributed by atoms with van der Waals surface area (Å²) >= 11 is 6.04. The predicted molar refractivity (Wildman–Crippen MR) is 75.3 cm³/mol. The van der Waals surface area contributed by atoms with Crippen LogP contribution in [-0.2, 0) is 11.3 Å². The minimum Gasteiger partial charge on any atom is -0.444 e. The van der Waals surface area contributed by atoms with Gasteiger partial charge in [-0.25, -0.2) is 4.79 Å². The normalized spacial score (nSPS) is 23.2. The summed E-state index contributed by atoms with van der Waals surface area (Å²) in [6.45, 7) is 5.83. The van der Waals surface area contributed by atoms with Crippen LogP contribution in [0.2, 0.25) is 5.02 Å². The van der Waals surface area contributed by atoms with Crippen molar-refractivity contribution in [1.29, 1.82) is 0 Å². The highest BCUT2D eigenvalue weighted by Crippen LogP contribution is 2.17. The number of carbonyl (C=O) groups is 1. The molecule has 2 atom stereocenters. The van der Waals surface area contributed by atoms with Gasteiger partial charge in [0.25, 0.3) is 0 Å². The number of hydrogen-bond donors (Lipinski definition) is 1. The van der Waals surface area contributed by atoms with Crippen molar-refractivity contribution in [2.45, 2.75) is 32.5 Å². The van der Waals surface area contributed by atoms with Gasteiger partial charge in [0.1, 0.15) is 6.61 Å². The van der Waals surface area contributed by atoms with E-state index in [1.54, 1.807) is 11.0 Å². The molecule has 2 rings (SSSR count). The molecular weight excluding hydrogens is 264 g/mol. The van der Waals surface area contributed by atoms with Crippen LogP contribution in [0.1, 0.15) is 19.4 Å². The summed E-state index contributed by atoms with van der Waals surface area (Å²) in [7, 11) is 0. The molecule has 0 aromatic heterocycles. The van der Waals surface area contributed by atoms with E-state index in [4.69, 9.17) is 16.3 Å². The van der Waals surface area contributed by atoms with E-state index in [1.165, 1.54) is 0 Å². The van der Waals surface area contributed by atoms with E-state index < -0.39 is 0 Å². The van der Waals surface area contributed by atoms with Gasteiger partial charge in [-0.1, -0.05) is 29.8 Å². The number of carbonyl (C=O) groups excluding carboxylic acids is 1. The molecule has 104 valence electrons. The SMILES string of the molecule is CC1CNCC(C)N1C(=O)OCc1ccccc1Cl. The summed E-state index contributed by atoms with van der Waals surface area (Å²) < 4.78 is 5.36. The van der Waals surface area contributed by atoms with Gasteiger partial charge >= 0.3 is 6.09 Å². The maximum absolute atomic E-state index is 12.1. The molecule has 1 fully saturated rings. The number of piperazine rings is 1. The van der Waals surface area contributed by atoms with Gasteiger partial charge in [0.15, 0.2) is 0 Å². The monoisotopic (exact) mass is 282 g/mol. The molecule has 0 aliphatic carbocycles. The largest absolute Gasteiger partial charge is 0.444 e. The number of halogens is 1. The molecule has 1 saturated heterocycles. The minimum atomic E-state index is -0.276. The van der Waals surface area contributed by atoms with Crippen molar-refractivity contribution >= 4 is 17.7 Å². The van der Waals surface area contributed by atoms with Crippen molar-refractivity contribution in [2.24, 2.45) is 0 Å². The summed E-state index contributed by atoms with van der Waals surface area (Å²) in [6.07, 6.45) is -0.276. The van der Waals surface area contributed by atoms with Crippen LogP contribution >= 0.6 is 11.6 Å². The molecule has 1 heterocycles. The molecule has 2 unspecified atom stereocenters. The fraction of sp³-hybridized carbons (Fsp3) is 0.500. The van der Waals surface area contributed by atoms with Gasteiger partial charge in [0, 0.05) is 35.8 Å². The third-order valence-corrected chi connectivity index (χ3v) is 3.72. The molecule has 1 N–H and O–H groups in total. The molecule has 0 saturated carbocycles. The van der Waals surface area contributed by atoms with Gasteiger partial charge < -0.3 is 15.0 Å². The molecule has 0 spiro atoms. The van der Waals surface area contributed by atoms with E-state index >= 15 is 0 Å². The molecule has 19 heavy (non-hydrogen) atoms. The smallest absolute Gasteiger partial charge is 0.410 e. The molecule has 0 radical (unpaired) electrons. The summed E-state index contributed by atoms with van der Waals surface area (Å²) in [5.74, 6) is 0. The Morgan fingerprint density at radius 2 is 2.00 bits per heavy atom. The second-order valence-electron chi connectivity index (χ2n) is 4.91. The van der Waals surface area contributed by atoms with E-state index in [0.29, 0.717) is 5.02 Å². The zero-order valence-electron chi connectivity index (χ0n) is 11.2. The first-order chi connectivity index (χ1) is 9.09. The highest BCUT2D eigenvalue weighted by atomic mass is 35.5. The zero-order valence-corrected chi connectivity index (χ0v) is 12.0. The number of nitrogens with zero attached hydrogens (tertiary/aromatic N) is 1. The zero-order chi connectivity index (χ0) is 13.8. The maximum Gasteiger partial charge on any atom is 0.410 e. The Hall–Kier alpha value is -1.26. The molecule has 1 aliphatic heterocycles. The lowest BCUT2D eigenvalue weighted by Crippen LogP contribution is -2.57. The first-order valence-corrected chi connectivity index (χ1v) is 6.86. The quantitative estimate of drug-likeness (QED) is 0.907. The van der Waals surface area contributed by atoms with Crippen LogP contribution in [0.4, 0.5) is 4.79 Å². The molecule has 1 aromatic carbocycles. The van der Waals surface area contributed by atoms with Crippen LogP contribution in [0.15, 0.2) is 24.3 Å². The number of amides is 1. The van der Waals surface area contributed by atoms with E-state index in [0.717, 1.165) is 18.7 Å². The number of ether oxygens (including phenoxy) is 1. The Labute approximate surface area is 118 Å². The Morgan fingerprint density at radius 3 is 2.63 bits per heavy atom. The van der Waals surface area contributed by atoms with Crippen molar-refractivity contribution in [3.63, 3.8) is 0 Å². The molecule has 1 aromatic rings. The molecule has 1 aliphatic rings. The van der Waals surface area contributed by atoms with Gasteiger partial charge in [-0.2, -0.15) is 0 Å². The van der Waals surface area contributed by atoms with E-state index in [2.05, 4.69) is 5.32 Å². The average molecular weight is 283 g/mol. The minimum absolute atomic E-state index is 0.141. The van der Waals surface area contributed by atoms with Gasteiger partial charge in [0.05, 0.1) is 0 Å². The van der Waals surface area contributed by atoms with Crippen LogP contribution in [0, 0.1) is 0 Å². The average Bonchev–Trinajstić information content (AvgIpc) is 2.37. The first kappa shape index (κ1) is 14.2. The van der Waals surface area contributed by atoms with Crippen LogP contribution in [0.25, 0.3) is 0 Å². The number of benzene rings is 1. The van der Waals surface area contributed by atoms with Gasteiger partial charge in [-0.05, 0) is 19.9 Å². The molecule has 4 nitrogen and oxygen atoms in total. The van der Waals surface area contributed by atoms with E-state index in [9.17, 15) is 4.79 Å². The first-order valence-electron chi connectivity index (χ1n) is 6.49. The summed E-state index contributed by atoms with van der Waals surface area (Å²) in [4.78, 5) is 13.9. The van der Waals surface area contributed by atoms with Crippen molar-refractivity contribution in [3.05, 3.63) is 34.9 Å². The Morgan fingerprint density at radius 1 is 1.37 bits per heavy atom. The van der Waals surface area contributed by atoms with Gasteiger partial charge in [0.2, 0.25) is 0 Å². The highest BCUT2D eigenvalue weighted by Gasteiger charge is 2.29. The van der Waals surface area contributed by atoms with Crippen molar-refractivity contribution in [3.8, 4) is 0 Å². The fourth-order valence-electron chi connectivity index (χ4n) is 2.32. The van der Waals surface area contributed by atoms with Crippen LogP contribution < -0.4 is 5.32 Å². The maximum atomic E-state index is 12.1. The standard InChI is InChI=1S/C14H19ClN2O2/c1-10-7-16-8-11(2)17(10)14(18)19-9-12-5-3-4-6-13(12)15/h3-6,10-11,16H,7-9H2,1-2H3. The Balaban J connectivity index is 1.95. The highest BCUT2D eigenvalue weighted by molar-refractivity contribution is 6.31. The predicted octanol–water partition coefficient (Wildman–Crippen LogP) is 2.66. The number of nitrogens with one attached hydrogen (secondary N) is 1. The van der Waals surface area contributed by atoms with Crippen LogP contribution in [-0.4, -0.2) is 36.2 Å². The van der Waals surface area contributed by atoms with E-state index in [1.807, 2.05) is 32.0 Å². The van der Waals surface area contributed by atoms with Crippen molar-refractivity contribution in [2.75, 3.05) is 13.1 Å². The summed E-state index contributed by atoms with van der Waals surface area (Å²) in [6, 6.07) is 7.67. The molecule has 1 amide bonds. The second-order valence-corrected chi connectivity index (χ2v) is 5.32. The van der Waals surface area contributed by atoms with Gasteiger partial charge in [-0.3, -0.25) is 0 Å². The number of rotatable bonds is 2. The third kappa shape index (κ3) is 3.39. The molecular formula is C14H19ClN2O2. The van der Waals surface area contributed by atoms with Crippen LogP contribution in [0.5, 0.6) is 0 Å². The summed E-state index contributed by atoms with van der Waals surface area (Å²) in [5.41, 5.74) is 0.827. The second kappa shape index (κ2) is 6.26. The Kier molecular flexibility index (Phi) is 4.66. The Bertz CT molecular complexity index is 443.